The highest BCUT2D eigenvalue weighted by molar-refractivity contribution is 6.31. The first-order valence-corrected chi connectivity index (χ1v) is 6.92. The first-order valence-electron chi connectivity index (χ1n) is 6.54. The number of anilines is 1. The van der Waals surface area contributed by atoms with Crippen LogP contribution in [-0.2, 0) is 0 Å². The van der Waals surface area contributed by atoms with Crippen molar-refractivity contribution in [2.75, 3.05) is 19.0 Å². The lowest BCUT2D eigenvalue weighted by molar-refractivity contribution is 0.226. The molecule has 1 aromatic rings. The molecule has 0 spiro atoms. The summed E-state index contributed by atoms with van der Waals surface area (Å²) in [5.74, 6) is 1.55. The number of aromatic nitrogens is 2. The Kier molecular flexibility index (Phi) is 6.80. The normalized spacial score (nSPS) is 12.2. The summed E-state index contributed by atoms with van der Waals surface area (Å²) >= 11 is 6.01. The fourth-order valence-corrected chi connectivity index (χ4v) is 1.81. The summed E-state index contributed by atoms with van der Waals surface area (Å²) in [5.41, 5.74) is 0. The van der Waals surface area contributed by atoms with E-state index >= 15 is 0 Å². The van der Waals surface area contributed by atoms with Crippen LogP contribution in [0.15, 0.2) is 6.20 Å². The van der Waals surface area contributed by atoms with Crippen molar-refractivity contribution < 1.29 is 4.74 Å². The Morgan fingerprint density at radius 2 is 2.22 bits per heavy atom. The van der Waals surface area contributed by atoms with Crippen LogP contribution in [-0.4, -0.2) is 23.6 Å². The SMILES string of the molecule is CCCCC(CC)COc1nc(NC)ncc1Cl. The van der Waals surface area contributed by atoms with E-state index in [0.717, 1.165) is 6.42 Å². The van der Waals surface area contributed by atoms with Crippen LogP contribution in [0, 0.1) is 5.92 Å². The quantitative estimate of drug-likeness (QED) is 0.782. The Morgan fingerprint density at radius 1 is 1.44 bits per heavy atom. The van der Waals surface area contributed by atoms with Gasteiger partial charge in [0.25, 0.3) is 0 Å². The van der Waals surface area contributed by atoms with Gasteiger partial charge in [0, 0.05) is 7.05 Å². The molecule has 5 heteroatoms. The van der Waals surface area contributed by atoms with Crippen LogP contribution in [0.3, 0.4) is 0 Å². The summed E-state index contributed by atoms with van der Waals surface area (Å²) in [6, 6.07) is 0. The van der Waals surface area contributed by atoms with E-state index < -0.39 is 0 Å². The van der Waals surface area contributed by atoms with E-state index in [1.165, 1.54) is 19.3 Å². The fraction of sp³-hybridized carbons (Fsp3) is 0.692. The molecule has 4 nitrogen and oxygen atoms in total. The molecule has 18 heavy (non-hydrogen) atoms. The molecule has 0 fully saturated rings. The van der Waals surface area contributed by atoms with Crippen LogP contribution in [0.4, 0.5) is 5.95 Å². The molecule has 0 aliphatic carbocycles. The molecule has 0 bridgehead atoms. The van der Waals surface area contributed by atoms with Crippen molar-refractivity contribution in [2.45, 2.75) is 39.5 Å². The van der Waals surface area contributed by atoms with Gasteiger partial charge in [-0.15, -0.1) is 0 Å². The molecular weight excluding hydrogens is 250 g/mol. The fourth-order valence-electron chi connectivity index (χ4n) is 1.67. The number of nitrogens with one attached hydrogen (secondary N) is 1. The third kappa shape index (κ3) is 4.69. The van der Waals surface area contributed by atoms with Gasteiger partial charge in [-0.25, -0.2) is 4.98 Å². The molecule has 0 aliphatic rings. The zero-order valence-corrected chi connectivity index (χ0v) is 12.1. The van der Waals surface area contributed by atoms with Gasteiger partial charge in [0.2, 0.25) is 11.8 Å². The predicted octanol–water partition coefficient (Wildman–Crippen LogP) is 3.77. The number of rotatable bonds is 8. The molecular formula is C13H22ClN3O. The van der Waals surface area contributed by atoms with E-state index in [1.54, 1.807) is 13.2 Å². The van der Waals surface area contributed by atoms with Gasteiger partial charge in [-0.1, -0.05) is 44.7 Å². The molecule has 0 saturated heterocycles. The number of unbranched alkanes of at least 4 members (excludes halogenated alkanes) is 1. The number of halogens is 1. The van der Waals surface area contributed by atoms with Gasteiger partial charge in [-0.05, 0) is 12.3 Å². The van der Waals surface area contributed by atoms with Gasteiger partial charge in [-0.3, -0.25) is 0 Å². The van der Waals surface area contributed by atoms with Crippen molar-refractivity contribution in [3.05, 3.63) is 11.2 Å². The Hall–Kier alpha value is -1.03. The second kappa shape index (κ2) is 8.14. The minimum Gasteiger partial charge on any atom is -0.476 e. The lowest BCUT2D eigenvalue weighted by atomic mass is 10.0. The first-order chi connectivity index (χ1) is 8.71. The molecule has 1 aromatic heterocycles. The van der Waals surface area contributed by atoms with E-state index in [9.17, 15) is 0 Å². The molecule has 0 aliphatic heterocycles. The zero-order chi connectivity index (χ0) is 13.4. The van der Waals surface area contributed by atoms with Gasteiger partial charge in [0.1, 0.15) is 5.02 Å². The molecule has 1 N–H and O–H groups in total. The predicted molar refractivity (Wildman–Crippen MR) is 75.4 cm³/mol. The van der Waals surface area contributed by atoms with Crippen molar-refractivity contribution in [3.8, 4) is 5.88 Å². The highest BCUT2D eigenvalue weighted by atomic mass is 35.5. The van der Waals surface area contributed by atoms with Crippen LogP contribution in [0.5, 0.6) is 5.88 Å². The van der Waals surface area contributed by atoms with E-state index in [-0.39, 0.29) is 0 Å². The lowest BCUT2D eigenvalue weighted by Crippen LogP contribution is -2.12. The van der Waals surface area contributed by atoms with Crippen molar-refractivity contribution >= 4 is 17.5 Å². The molecule has 0 radical (unpaired) electrons. The van der Waals surface area contributed by atoms with E-state index in [0.29, 0.717) is 29.4 Å². The molecule has 1 rings (SSSR count). The lowest BCUT2D eigenvalue weighted by Gasteiger charge is -2.15. The third-order valence-corrected chi connectivity index (χ3v) is 3.19. The van der Waals surface area contributed by atoms with Gasteiger partial charge >= 0.3 is 0 Å². The average Bonchev–Trinajstić information content (AvgIpc) is 2.40. The molecule has 1 atom stereocenters. The summed E-state index contributed by atoms with van der Waals surface area (Å²) in [6.45, 7) is 5.05. The number of nitrogens with zero attached hydrogens (tertiary/aromatic N) is 2. The summed E-state index contributed by atoms with van der Waals surface area (Å²) in [5, 5.41) is 3.33. The molecule has 1 heterocycles. The Bertz CT molecular complexity index is 360. The monoisotopic (exact) mass is 271 g/mol. The maximum absolute atomic E-state index is 6.01. The van der Waals surface area contributed by atoms with Gasteiger partial charge in [0.15, 0.2) is 0 Å². The summed E-state index contributed by atoms with van der Waals surface area (Å²) in [6.07, 6.45) is 6.31. The van der Waals surface area contributed by atoms with Crippen molar-refractivity contribution in [1.29, 1.82) is 0 Å². The second-order valence-electron chi connectivity index (χ2n) is 4.32. The van der Waals surface area contributed by atoms with Crippen LogP contribution in [0.1, 0.15) is 39.5 Å². The van der Waals surface area contributed by atoms with E-state index in [1.807, 2.05) is 0 Å². The van der Waals surface area contributed by atoms with Gasteiger partial charge in [0.05, 0.1) is 12.8 Å². The van der Waals surface area contributed by atoms with Gasteiger partial charge in [-0.2, -0.15) is 4.98 Å². The second-order valence-corrected chi connectivity index (χ2v) is 4.73. The highest BCUT2D eigenvalue weighted by Crippen LogP contribution is 2.23. The third-order valence-electron chi connectivity index (χ3n) is 2.93. The maximum atomic E-state index is 6.01. The van der Waals surface area contributed by atoms with E-state index in [2.05, 4.69) is 29.1 Å². The van der Waals surface area contributed by atoms with Crippen molar-refractivity contribution in [3.63, 3.8) is 0 Å². The number of hydrogen-bond acceptors (Lipinski definition) is 4. The molecule has 102 valence electrons. The molecule has 1 unspecified atom stereocenters. The highest BCUT2D eigenvalue weighted by Gasteiger charge is 2.10. The molecule has 0 aromatic carbocycles. The van der Waals surface area contributed by atoms with Crippen LogP contribution in [0.25, 0.3) is 0 Å². The Labute approximate surface area is 114 Å². The van der Waals surface area contributed by atoms with Gasteiger partial charge < -0.3 is 10.1 Å². The zero-order valence-electron chi connectivity index (χ0n) is 11.4. The average molecular weight is 272 g/mol. The van der Waals surface area contributed by atoms with E-state index in [4.69, 9.17) is 16.3 Å². The first kappa shape index (κ1) is 15.0. The smallest absolute Gasteiger partial charge is 0.237 e. The standard InChI is InChI=1S/C13H22ClN3O/c1-4-6-7-10(5-2)9-18-12-11(14)8-16-13(15-3)17-12/h8,10H,4-7,9H2,1-3H3,(H,15,16,17). The molecule has 0 saturated carbocycles. The maximum Gasteiger partial charge on any atom is 0.237 e. The number of ether oxygens (including phenoxy) is 1. The molecule has 0 amide bonds. The largest absolute Gasteiger partial charge is 0.476 e. The Balaban J connectivity index is 2.55. The summed E-state index contributed by atoms with van der Waals surface area (Å²) < 4.78 is 5.71. The summed E-state index contributed by atoms with van der Waals surface area (Å²) in [7, 11) is 1.77. The number of hydrogen-bond donors (Lipinski definition) is 1. The van der Waals surface area contributed by atoms with Crippen molar-refractivity contribution in [2.24, 2.45) is 5.92 Å². The van der Waals surface area contributed by atoms with Crippen molar-refractivity contribution in [1.82, 2.24) is 9.97 Å². The minimum absolute atomic E-state index is 0.458. The topological polar surface area (TPSA) is 47.0 Å². The Morgan fingerprint density at radius 3 is 2.83 bits per heavy atom. The summed E-state index contributed by atoms with van der Waals surface area (Å²) in [4.78, 5) is 8.22. The van der Waals surface area contributed by atoms with Crippen LogP contribution >= 0.6 is 11.6 Å². The minimum atomic E-state index is 0.458. The van der Waals surface area contributed by atoms with Crippen LogP contribution in [0.2, 0.25) is 5.02 Å². The van der Waals surface area contributed by atoms with Crippen LogP contribution < -0.4 is 10.1 Å².